The fourth-order valence-corrected chi connectivity index (χ4v) is 0.323. The zero-order chi connectivity index (χ0) is 3.54. The van der Waals surface area contributed by atoms with Crippen LogP contribution < -0.4 is 5.32 Å². The van der Waals surface area contributed by atoms with Crippen molar-refractivity contribution < 1.29 is 0 Å². The van der Waals surface area contributed by atoms with E-state index in [1.165, 1.54) is 0 Å². The van der Waals surface area contributed by atoms with E-state index in [0.717, 1.165) is 13.1 Å². The summed E-state index contributed by atoms with van der Waals surface area (Å²) < 4.78 is 0. The van der Waals surface area contributed by atoms with E-state index in [2.05, 4.69) is 10.3 Å². The maximum atomic E-state index is 3.85. The van der Waals surface area contributed by atoms with Crippen LogP contribution in [0.4, 0.5) is 0 Å². The van der Waals surface area contributed by atoms with Crippen molar-refractivity contribution in [2.75, 3.05) is 13.1 Å². The standard InChI is InChI=1S/C3H6N2.Sn/c1-2-5-3-4-1;/h3H,1-2H2,(H,4,5);. The first-order chi connectivity index (χ1) is 2.50. The van der Waals surface area contributed by atoms with Crippen molar-refractivity contribution in [3.8, 4) is 0 Å². The third-order valence-electron chi connectivity index (χ3n) is 0.568. The van der Waals surface area contributed by atoms with E-state index in [1.54, 1.807) is 6.34 Å². The van der Waals surface area contributed by atoms with Crippen molar-refractivity contribution in [3.05, 3.63) is 0 Å². The zero-order valence-electron chi connectivity index (χ0n) is 3.44. The molecule has 2 nitrogen and oxygen atoms in total. The molecular formula is C3H6N2Sn. The Labute approximate surface area is 54.0 Å². The second-order valence-corrected chi connectivity index (χ2v) is 0.989. The normalized spacial score (nSPS) is 16.0. The molecule has 0 aromatic heterocycles. The molecule has 0 aromatic rings. The maximum Gasteiger partial charge on any atom is 0.0825 e. The summed E-state index contributed by atoms with van der Waals surface area (Å²) in [5.41, 5.74) is 0. The van der Waals surface area contributed by atoms with Gasteiger partial charge in [0.15, 0.2) is 0 Å². The molecule has 3 heteroatoms. The minimum absolute atomic E-state index is 0. The summed E-state index contributed by atoms with van der Waals surface area (Å²) in [5, 5.41) is 2.93. The van der Waals surface area contributed by atoms with Gasteiger partial charge in [-0.15, -0.1) is 0 Å². The largest absolute Gasteiger partial charge is 0.375 e. The van der Waals surface area contributed by atoms with Gasteiger partial charge in [0.2, 0.25) is 0 Å². The molecule has 1 heterocycles. The molecule has 1 aliphatic heterocycles. The molecule has 0 amide bonds. The van der Waals surface area contributed by atoms with Gasteiger partial charge in [-0.2, -0.15) is 0 Å². The van der Waals surface area contributed by atoms with E-state index in [1.807, 2.05) is 0 Å². The van der Waals surface area contributed by atoms with E-state index in [0.29, 0.717) is 0 Å². The summed E-state index contributed by atoms with van der Waals surface area (Å²) in [6.45, 7) is 1.99. The van der Waals surface area contributed by atoms with Crippen LogP contribution in [0.15, 0.2) is 4.99 Å². The number of hydrogen-bond donors (Lipinski definition) is 1. The third-order valence-corrected chi connectivity index (χ3v) is 0.568. The smallest absolute Gasteiger partial charge is 0.0825 e. The summed E-state index contributed by atoms with van der Waals surface area (Å²) in [4.78, 5) is 3.85. The van der Waals surface area contributed by atoms with Crippen LogP contribution in [-0.2, 0) is 0 Å². The predicted octanol–water partition coefficient (Wildman–Crippen LogP) is -0.763. The SMILES string of the molecule is C1=NCCN1.[Sn]. The van der Waals surface area contributed by atoms with E-state index in [-0.39, 0.29) is 23.9 Å². The number of aliphatic imine (C=N–C) groups is 1. The first kappa shape index (κ1) is 6.27. The van der Waals surface area contributed by atoms with Crippen LogP contribution >= 0.6 is 0 Å². The van der Waals surface area contributed by atoms with Crippen molar-refractivity contribution in [1.29, 1.82) is 0 Å². The van der Waals surface area contributed by atoms with Crippen LogP contribution in [0.5, 0.6) is 0 Å². The van der Waals surface area contributed by atoms with Gasteiger partial charge in [0, 0.05) is 30.5 Å². The first-order valence-electron chi connectivity index (χ1n) is 1.72. The van der Waals surface area contributed by atoms with Crippen molar-refractivity contribution >= 4 is 30.2 Å². The van der Waals surface area contributed by atoms with Crippen LogP contribution in [-0.4, -0.2) is 43.3 Å². The summed E-state index contributed by atoms with van der Waals surface area (Å²) >= 11 is 0. The van der Waals surface area contributed by atoms with Crippen molar-refractivity contribution in [2.24, 2.45) is 4.99 Å². The molecule has 0 saturated carbocycles. The zero-order valence-corrected chi connectivity index (χ0v) is 6.29. The third kappa shape index (κ3) is 1.64. The topological polar surface area (TPSA) is 24.4 Å². The number of hydrogen-bond acceptors (Lipinski definition) is 2. The minimum atomic E-state index is 0. The van der Waals surface area contributed by atoms with Crippen molar-refractivity contribution in [3.63, 3.8) is 0 Å². The van der Waals surface area contributed by atoms with Gasteiger partial charge in [-0.05, 0) is 0 Å². The Morgan fingerprint density at radius 3 is 2.67 bits per heavy atom. The van der Waals surface area contributed by atoms with Crippen molar-refractivity contribution in [2.45, 2.75) is 0 Å². The summed E-state index contributed by atoms with van der Waals surface area (Å²) in [5.74, 6) is 0. The minimum Gasteiger partial charge on any atom is -0.375 e. The molecule has 0 spiro atoms. The van der Waals surface area contributed by atoms with Gasteiger partial charge in [-0.25, -0.2) is 0 Å². The van der Waals surface area contributed by atoms with Crippen LogP contribution in [0.1, 0.15) is 0 Å². The molecule has 0 saturated heterocycles. The Kier molecular flexibility index (Phi) is 3.61. The van der Waals surface area contributed by atoms with E-state index >= 15 is 0 Å². The fourth-order valence-electron chi connectivity index (χ4n) is 0.323. The second-order valence-electron chi connectivity index (χ2n) is 0.989. The molecule has 0 bridgehead atoms. The van der Waals surface area contributed by atoms with Gasteiger partial charge in [0.25, 0.3) is 0 Å². The van der Waals surface area contributed by atoms with Crippen LogP contribution in [0.3, 0.4) is 0 Å². The van der Waals surface area contributed by atoms with Gasteiger partial charge in [-0.3, -0.25) is 4.99 Å². The van der Waals surface area contributed by atoms with Gasteiger partial charge in [0.05, 0.1) is 12.9 Å². The monoisotopic (exact) mass is 190 g/mol. The Balaban J connectivity index is 0.000000250. The average Bonchev–Trinajstić information content (AvgIpc) is 1.76. The Hall–Kier alpha value is 0.269. The Morgan fingerprint density at radius 2 is 2.50 bits per heavy atom. The maximum absolute atomic E-state index is 3.85. The van der Waals surface area contributed by atoms with Gasteiger partial charge >= 0.3 is 0 Å². The number of nitrogens with one attached hydrogen (secondary N) is 1. The number of rotatable bonds is 0. The van der Waals surface area contributed by atoms with Crippen LogP contribution in [0, 0.1) is 0 Å². The average molecular weight is 189 g/mol. The fraction of sp³-hybridized carbons (Fsp3) is 0.667. The first-order valence-corrected chi connectivity index (χ1v) is 1.72. The quantitative estimate of drug-likeness (QED) is 0.497. The molecule has 0 atom stereocenters. The predicted molar refractivity (Wildman–Crippen MR) is 27.1 cm³/mol. The van der Waals surface area contributed by atoms with Crippen LogP contribution in [0.25, 0.3) is 0 Å². The molecule has 6 heavy (non-hydrogen) atoms. The molecular weight excluding hydrogens is 183 g/mol. The Bertz CT molecular complexity index is 46.8. The van der Waals surface area contributed by atoms with Gasteiger partial charge < -0.3 is 5.32 Å². The molecule has 0 fully saturated rings. The van der Waals surface area contributed by atoms with Gasteiger partial charge in [0.1, 0.15) is 0 Å². The second kappa shape index (κ2) is 3.46. The summed E-state index contributed by atoms with van der Waals surface area (Å²) in [6, 6.07) is 0. The molecule has 1 aliphatic rings. The molecule has 0 unspecified atom stereocenters. The van der Waals surface area contributed by atoms with E-state index < -0.39 is 0 Å². The molecule has 1 rings (SSSR count). The van der Waals surface area contributed by atoms with Crippen molar-refractivity contribution in [1.82, 2.24) is 5.32 Å². The van der Waals surface area contributed by atoms with Gasteiger partial charge in [-0.1, -0.05) is 0 Å². The van der Waals surface area contributed by atoms with E-state index in [4.69, 9.17) is 0 Å². The molecule has 0 aliphatic carbocycles. The Morgan fingerprint density at radius 1 is 1.67 bits per heavy atom. The number of nitrogens with zero attached hydrogens (tertiary/aromatic N) is 1. The molecule has 1 N–H and O–H groups in total. The summed E-state index contributed by atoms with van der Waals surface area (Å²) in [6.07, 6.45) is 1.74. The van der Waals surface area contributed by atoms with Crippen LogP contribution in [0.2, 0.25) is 0 Å². The molecule has 0 aromatic carbocycles. The van der Waals surface area contributed by atoms with E-state index in [9.17, 15) is 0 Å². The molecule has 4 radical (unpaired) electrons. The summed E-state index contributed by atoms with van der Waals surface area (Å²) in [7, 11) is 0. The molecule has 32 valence electrons.